The van der Waals surface area contributed by atoms with Crippen LogP contribution in [0.3, 0.4) is 0 Å². The van der Waals surface area contributed by atoms with E-state index in [0.717, 1.165) is 38.6 Å². The molecule has 0 saturated heterocycles. The number of aromatic nitrogens is 2. The summed E-state index contributed by atoms with van der Waals surface area (Å²) in [4.78, 5) is 19.5. The Bertz CT molecular complexity index is 1100. The number of fused-ring (bicyclic) bond motifs is 3. The SMILES string of the molecule is COc1cc(C=Nn2cnc3sc4c(c3c2=O)CCCC4)cc(I)c1OC. The van der Waals surface area contributed by atoms with E-state index in [1.807, 2.05) is 12.1 Å². The van der Waals surface area contributed by atoms with E-state index in [9.17, 15) is 4.79 Å². The van der Waals surface area contributed by atoms with Crippen LogP contribution in [0.1, 0.15) is 28.8 Å². The van der Waals surface area contributed by atoms with E-state index in [1.165, 1.54) is 27.9 Å². The fourth-order valence-electron chi connectivity index (χ4n) is 3.36. The highest BCUT2D eigenvalue weighted by molar-refractivity contribution is 14.1. The van der Waals surface area contributed by atoms with Gasteiger partial charge in [0, 0.05) is 4.88 Å². The van der Waals surface area contributed by atoms with Gasteiger partial charge < -0.3 is 9.47 Å². The first-order valence-corrected chi connectivity index (χ1v) is 10.5. The van der Waals surface area contributed by atoms with E-state index in [0.29, 0.717) is 11.5 Å². The zero-order chi connectivity index (χ0) is 19.0. The zero-order valence-corrected chi connectivity index (χ0v) is 18.0. The average Bonchev–Trinajstić information content (AvgIpc) is 3.06. The molecule has 140 valence electrons. The molecular formula is C19H18IN3O3S. The molecule has 0 spiro atoms. The number of ether oxygens (including phenoxy) is 2. The van der Waals surface area contributed by atoms with Crippen LogP contribution >= 0.6 is 33.9 Å². The number of hydrogen-bond donors (Lipinski definition) is 0. The van der Waals surface area contributed by atoms with Crippen molar-refractivity contribution in [2.45, 2.75) is 25.7 Å². The summed E-state index contributed by atoms with van der Waals surface area (Å²) >= 11 is 3.82. The molecule has 2 aromatic heterocycles. The molecule has 0 bridgehead atoms. The molecule has 8 heteroatoms. The molecule has 6 nitrogen and oxygen atoms in total. The molecule has 0 amide bonds. The van der Waals surface area contributed by atoms with Crippen LogP contribution in [0.5, 0.6) is 11.5 Å². The van der Waals surface area contributed by atoms with Crippen molar-refractivity contribution in [3.05, 3.63) is 48.4 Å². The van der Waals surface area contributed by atoms with Gasteiger partial charge in [-0.2, -0.15) is 9.78 Å². The standard InChI is InChI=1S/C19H18IN3O3S/c1-25-14-8-11(7-13(20)17(14)26-2)9-22-23-10-21-18-16(19(23)24)12-5-3-4-6-15(12)27-18/h7-10H,3-6H2,1-2H3. The van der Waals surface area contributed by atoms with Gasteiger partial charge in [-0.3, -0.25) is 4.79 Å². The minimum absolute atomic E-state index is 0.106. The summed E-state index contributed by atoms with van der Waals surface area (Å²) in [6.45, 7) is 0. The Balaban J connectivity index is 1.75. The Morgan fingerprint density at radius 2 is 2.07 bits per heavy atom. The normalized spacial score (nSPS) is 13.9. The number of thiophene rings is 1. The maximum atomic E-state index is 12.9. The Morgan fingerprint density at radius 1 is 1.26 bits per heavy atom. The van der Waals surface area contributed by atoms with Crippen LogP contribution in [-0.4, -0.2) is 30.1 Å². The topological polar surface area (TPSA) is 65.7 Å². The van der Waals surface area contributed by atoms with Crippen LogP contribution in [0.2, 0.25) is 0 Å². The molecule has 0 atom stereocenters. The number of nitrogens with zero attached hydrogens (tertiary/aromatic N) is 3. The van der Waals surface area contributed by atoms with E-state index < -0.39 is 0 Å². The van der Waals surface area contributed by atoms with Gasteiger partial charge in [0.05, 0.1) is 29.4 Å². The molecule has 0 aliphatic heterocycles. The van der Waals surface area contributed by atoms with Crippen molar-refractivity contribution < 1.29 is 9.47 Å². The van der Waals surface area contributed by atoms with Crippen molar-refractivity contribution in [3.8, 4) is 11.5 Å². The number of aryl methyl sites for hydroxylation is 2. The smallest absolute Gasteiger partial charge is 0.282 e. The van der Waals surface area contributed by atoms with Gasteiger partial charge in [-0.1, -0.05) is 0 Å². The molecule has 1 aliphatic carbocycles. The number of rotatable bonds is 4. The summed E-state index contributed by atoms with van der Waals surface area (Å²) in [7, 11) is 3.20. The van der Waals surface area contributed by atoms with Crippen LogP contribution in [0, 0.1) is 3.57 Å². The summed E-state index contributed by atoms with van der Waals surface area (Å²) < 4.78 is 12.9. The van der Waals surface area contributed by atoms with Gasteiger partial charge in [0.1, 0.15) is 11.2 Å². The highest BCUT2D eigenvalue weighted by atomic mass is 127. The Labute approximate surface area is 174 Å². The lowest BCUT2D eigenvalue weighted by Gasteiger charge is -2.10. The van der Waals surface area contributed by atoms with Gasteiger partial charge in [-0.25, -0.2) is 4.98 Å². The maximum absolute atomic E-state index is 12.9. The van der Waals surface area contributed by atoms with Crippen molar-refractivity contribution >= 4 is 50.4 Å². The lowest BCUT2D eigenvalue weighted by molar-refractivity contribution is 0.353. The van der Waals surface area contributed by atoms with E-state index in [1.54, 1.807) is 31.8 Å². The first-order chi connectivity index (χ1) is 13.1. The van der Waals surface area contributed by atoms with Gasteiger partial charge in [0.2, 0.25) is 0 Å². The second-order valence-corrected chi connectivity index (χ2v) is 8.51. The third-order valence-electron chi connectivity index (χ3n) is 4.65. The van der Waals surface area contributed by atoms with Crippen molar-refractivity contribution in [2.24, 2.45) is 5.10 Å². The second kappa shape index (κ2) is 7.59. The third kappa shape index (κ3) is 3.36. The quantitative estimate of drug-likeness (QED) is 0.408. The highest BCUT2D eigenvalue weighted by Crippen LogP contribution is 2.34. The van der Waals surface area contributed by atoms with Crippen LogP contribution in [-0.2, 0) is 12.8 Å². The first-order valence-electron chi connectivity index (χ1n) is 8.60. The molecule has 4 rings (SSSR count). The fourth-order valence-corrected chi connectivity index (χ4v) is 5.43. The van der Waals surface area contributed by atoms with Crippen molar-refractivity contribution in [2.75, 3.05) is 14.2 Å². The maximum Gasteiger partial charge on any atom is 0.282 e. The van der Waals surface area contributed by atoms with Gasteiger partial charge in [0.25, 0.3) is 5.56 Å². The van der Waals surface area contributed by atoms with Crippen molar-refractivity contribution in [1.82, 2.24) is 9.66 Å². The van der Waals surface area contributed by atoms with Crippen LogP contribution in [0.4, 0.5) is 0 Å². The molecule has 1 aliphatic rings. The zero-order valence-electron chi connectivity index (χ0n) is 15.0. The highest BCUT2D eigenvalue weighted by Gasteiger charge is 2.19. The lowest BCUT2D eigenvalue weighted by atomic mass is 9.97. The molecule has 0 radical (unpaired) electrons. The van der Waals surface area contributed by atoms with E-state index in [4.69, 9.17) is 9.47 Å². The Morgan fingerprint density at radius 3 is 2.85 bits per heavy atom. The van der Waals surface area contributed by atoms with Gasteiger partial charge in [0.15, 0.2) is 11.5 Å². The number of methoxy groups -OCH3 is 2. The van der Waals surface area contributed by atoms with Crippen LogP contribution in [0.15, 0.2) is 28.4 Å². The molecular weight excluding hydrogens is 477 g/mol. The molecule has 27 heavy (non-hydrogen) atoms. The largest absolute Gasteiger partial charge is 0.493 e. The monoisotopic (exact) mass is 495 g/mol. The molecule has 0 unspecified atom stereocenters. The summed E-state index contributed by atoms with van der Waals surface area (Å²) in [6.07, 6.45) is 7.44. The minimum atomic E-state index is -0.106. The summed E-state index contributed by atoms with van der Waals surface area (Å²) in [5, 5.41) is 5.08. The van der Waals surface area contributed by atoms with Gasteiger partial charge in [-0.15, -0.1) is 11.3 Å². The van der Waals surface area contributed by atoms with Gasteiger partial charge >= 0.3 is 0 Å². The van der Waals surface area contributed by atoms with E-state index >= 15 is 0 Å². The Hall–Kier alpha value is -1.94. The fraction of sp³-hybridized carbons (Fsp3) is 0.316. The number of halogens is 1. The predicted molar refractivity (Wildman–Crippen MR) is 116 cm³/mol. The van der Waals surface area contributed by atoms with Gasteiger partial charge in [-0.05, 0) is 71.5 Å². The summed E-state index contributed by atoms with van der Waals surface area (Å²) in [6, 6.07) is 3.75. The molecule has 2 heterocycles. The van der Waals surface area contributed by atoms with Crippen LogP contribution in [0.25, 0.3) is 10.2 Å². The molecule has 0 saturated carbocycles. The van der Waals surface area contributed by atoms with Crippen LogP contribution < -0.4 is 15.0 Å². The molecule has 0 fully saturated rings. The molecule has 3 aromatic rings. The molecule has 1 aromatic carbocycles. The van der Waals surface area contributed by atoms with E-state index in [-0.39, 0.29) is 5.56 Å². The van der Waals surface area contributed by atoms with Crippen molar-refractivity contribution in [1.29, 1.82) is 0 Å². The summed E-state index contributed by atoms with van der Waals surface area (Å²) in [5.41, 5.74) is 1.88. The predicted octanol–water partition coefficient (Wildman–Crippen LogP) is 3.84. The first kappa shape index (κ1) is 18.4. The minimum Gasteiger partial charge on any atom is -0.493 e. The average molecular weight is 495 g/mol. The molecule has 0 N–H and O–H groups in total. The summed E-state index contributed by atoms with van der Waals surface area (Å²) in [5.74, 6) is 1.30. The number of benzene rings is 1. The second-order valence-electron chi connectivity index (χ2n) is 6.27. The lowest BCUT2D eigenvalue weighted by Crippen LogP contribution is -2.18. The van der Waals surface area contributed by atoms with E-state index in [2.05, 4.69) is 32.7 Å². The third-order valence-corrected chi connectivity index (χ3v) is 6.65. The number of hydrogen-bond acceptors (Lipinski definition) is 6. The Kier molecular flexibility index (Phi) is 5.18. The van der Waals surface area contributed by atoms with Crippen molar-refractivity contribution in [3.63, 3.8) is 0 Å².